The molecule has 0 saturated carbocycles. The third-order valence-electron chi connectivity index (χ3n) is 10.1. The summed E-state index contributed by atoms with van der Waals surface area (Å²) >= 11 is 0. The highest BCUT2D eigenvalue weighted by atomic mass is 15.2. The van der Waals surface area contributed by atoms with Crippen molar-refractivity contribution in [1.82, 2.24) is 15.0 Å². The molecule has 1 unspecified atom stereocenters. The molecule has 264 valence electrons. The van der Waals surface area contributed by atoms with E-state index in [1.165, 1.54) is 22.3 Å². The standard InChI is InChI=1S/C48H47N5/c1-33(2)35(4)28-38-29-46(52(41-12-8-7-9-13-41)43-23-17-36(5)50-31-43)48(45-14-10-11-27-49-45)47(30-38)53(44-24-18-37(6)51-32-44)42-25-21-40(22-26-42)39-19-15-34(3)16-20-39/h7-27,29-33,35H,28H2,1-6H3. The van der Waals surface area contributed by atoms with Crippen molar-refractivity contribution in [3.05, 3.63) is 175 Å². The lowest BCUT2D eigenvalue weighted by molar-refractivity contribution is 0.417. The topological polar surface area (TPSA) is 45.2 Å². The highest BCUT2D eigenvalue weighted by Crippen LogP contribution is 2.49. The van der Waals surface area contributed by atoms with Crippen LogP contribution in [0.2, 0.25) is 0 Å². The molecule has 53 heavy (non-hydrogen) atoms. The molecule has 7 aromatic rings. The average Bonchev–Trinajstić information content (AvgIpc) is 3.18. The van der Waals surface area contributed by atoms with Gasteiger partial charge in [-0.05, 0) is 129 Å². The van der Waals surface area contributed by atoms with Crippen molar-refractivity contribution in [2.24, 2.45) is 11.8 Å². The quantitative estimate of drug-likeness (QED) is 0.135. The fraction of sp³-hybridized carbons (Fsp3) is 0.188. The van der Waals surface area contributed by atoms with Gasteiger partial charge in [0.25, 0.3) is 0 Å². The average molecular weight is 694 g/mol. The number of aromatic nitrogens is 3. The van der Waals surface area contributed by atoms with Crippen LogP contribution in [-0.4, -0.2) is 15.0 Å². The van der Waals surface area contributed by atoms with Crippen LogP contribution in [0.5, 0.6) is 0 Å². The Morgan fingerprint density at radius 3 is 1.51 bits per heavy atom. The Morgan fingerprint density at radius 2 is 1.02 bits per heavy atom. The summed E-state index contributed by atoms with van der Waals surface area (Å²) in [4.78, 5) is 19.3. The maximum absolute atomic E-state index is 5.03. The molecule has 0 radical (unpaired) electrons. The SMILES string of the molecule is Cc1ccc(-c2ccc(N(c3ccc(C)nc3)c3cc(CC(C)C(C)C)cc(N(c4ccccc4)c4ccc(C)nc4)c3-c3ccccn3)cc2)cc1. The minimum Gasteiger partial charge on any atom is -0.308 e. The van der Waals surface area contributed by atoms with Gasteiger partial charge in [0.1, 0.15) is 0 Å². The van der Waals surface area contributed by atoms with E-state index in [9.17, 15) is 0 Å². The van der Waals surface area contributed by atoms with E-state index in [0.29, 0.717) is 11.8 Å². The Bertz CT molecular complexity index is 2250. The van der Waals surface area contributed by atoms with Crippen molar-refractivity contribution in [1.29, 1.82) is 0 Å². The van der Waals surface area contributed by atoms with Gasteiger partial charge in [-0.2, -0.15) is 0 Å². The normalized spacial score (nSPS) is 11.8. The highest BCUT2D eigenvalue weighted by Gasteiger charge is 2.27. The second-order valence-corrected chi connectivity index (χ2v) is 14.4. The van der Waals surface area contributed by atoms with Gasteiger partial charge in [0.05, 0.1) is 40.8 Å². The predicted molar refractivity (Wildman–Crippen MR) is 222 cm³/mol. The Balaban J connectivity index is 1.54. The van der Waals surface area contributed by atoms with Crippen LogP contribution >= 0.6 is 0 Å². The van der Waals surface area contributed by atoms with Crippen molar-refractivity contribution in [3.63, 3.8) is 0 Å². The van der Waals surface area contributed by atoms with Crippen LogP contribution in [-0.2, 0) is 6.42 Å². The van der Waals surface area contributed by atoms with Crippen molar-refractivity contribution >= 4 is 34.1 Å². The highest BCUT2D eigenvalue weighted by molar-refractivity contribution is 5.98. The fourth-order valence-electron chi connectivity index (χ4n) is 6.68. The summed E-state index contributed by atoms with van der Waals surface area (Å²) in [5, 5.41) is 0. The lowest BCUT2D eigenvalue weighted by atomic mass is 9.89. The molecule has 1 atom stereocenters. The monoisotopic (exact) mass is 693 g/mol. The van der Waals surface area contributed by atoms with E-state index in [-0.39, 0.29) is 0 Å². The Morgan fingerprint density at radius 1 is 0.509 bits per heavy atom. The third kappa shape index (κ3) is 7.90. The lowest BCUT2D eigenvalue weighted by Crippen LogP contribution is -2.18. The molecule has 0 aliphatic carbocycles. The van der Waals surface area contributed by atoms with Crippen LogP contribution in [0.15, 0.2) is 152 Å². The summed E-state index contributed by atoms with van der Waals surface area (Å²) < 4.78 is 0. The first-order valence-corrected chi connectivity index (χ1v) is 18.5. The number of nitrogens with zero attached hydrogens (tertiary/aromatic N) is 5. The minimum absolute atomic E-state index is 0.464. The molecule has 5 heteroatoms. The first-order chi connectivity index (χ1) is 25.7. The summed E-state index contributed by atoms with van der Waals surface area (Å²) in [6.07, 6.45) is 6.75. The van der Waals surface area contributed by atoms with Gasteiger partial charge >= 0.3 is 0 Å². The number of benzene rings is 4. The van der Waals surface area contributed by atoms with Gasteiger partial charge in [0.15, 0.2) is 0 Å². The van der Waals surface area contributed by atoms with E-state index in [2.05, 4.69) is 165 Å². The van der Waals surface area contributed by atoms with Gasteiger partial charge in [-0.15, -0.1) is 0 Å². The summed E-state index contributed by atoms with van der Waals surface area (Å²) in [7, 11) is 0. The number of anilines is 6. The number of rotatable bonds is 11. The molecule has 0 aliphatic heterocycles. The van der Waals surface area contributed by atoms with E-state index in [1.54, 1.807) is 0 Å². The van der Waals surface area contributed by atoms with E-state index in [4.69, 9.17) is 15.0 Å². The van der Waals surface area contributed by atoms with Gasteiger partial charge in [0, 0.05) is 34.5 Å². The molecule has 3 heterocycles. The second-order valence-electron chi connectivity index (χ2n) is 14.4. The Hall–Kier alpha value is -6.07. The van der Waals surface area contributed by atoms with Crippen molar-refractivity contribution in [2.75, 3.05) is 9.80 Å². The molecule has 0 N–H and O–H groups in total. The molecule has 4 aromatic carbocycles. The molecule has 5 nitrogen and oxygen atoms in total. The van der Waals surface area contributed by atoms with E-state index < -0.39 is 0 Å². The molecule has 0 amide bonds. The maximum Gasteiger partial charge on any atom is 0.0744 e. The molecular weight excluding hydrogens is 647 g/mol. The van der Waals surface area contributed by atoms with Crippen LogP contribution in [0.25, 0.3) is 22.4 Å². The van der Waals surface area contributed by atoms with E-state index >= 15 is 0 Å². The maximum atomic E-state index is 5.03. The van der Waals surface area contributed by atoms with Gasteiger partial charge in [0.2, 0.25) is 0 Å². The molecule has 0 spiro atoms. The van der Waals surface area contributed by atoms with Gasteiger partial charge in [-0.1, -0.05) is 87.0 Å². The minimum atomic E-state index is 0.464. The van der Waals surface area contributed by atoms with E-state index in [0.717, 1.165) is 63.2 Å². The molecule has 0 fully saturated rings. The smallest absolute Gasteiger partial charge is 0.0744 e. The van der Waals surface area contributed by atoms with Crippen molar-refractivity contribution < 1.29 is 0 Å². The first kappa shape index (κ1) is 35.3. The molecular formula is C48H47N5. The lowest BCUT2D eigenvalue weighted by Gasteiger charge is -2.33. The zero-order chi connectivity index (χ0) is 36.9. The summed E-state index contributed by atoms with van der Waals surface area (Å²) in [5.74, 6) is 0.988. The number of hydrogen-bond acceptors (Lipinski definition) is 5. The van der Waals surface area contributed by atoms with Crippen molar-refractivity contribution in [3.8, 4) is 22.4 Å². The second kappa shape index (κ2) is 15.7. The Labute approximate surface area is 314 Å². The van der Waals surface area contributed by atoms with Crippen LogP contribution < -0.4 is 9.80 Å². The zero-order valence-corrected chi connectivity index (χ0v) is 31.5. The molecule has 0 bridgehead atoms. The molecule has 3 aromatic heterocycles. The van der Waals surface area contributed by atoms with Crippen LogP contribution in [0.1, 0.15) is 43.3 Å². The van der Waals surface area contributed by atoms with Crippen LogP contribution in [0.3, 0.4) is 0 Å². The van der Waals surface area contributed by atoms with E-state index in [1.807, 2.05) is 38.5 Å². The number of aryl methyl sites for hydroxylation is 3. The first-order valence-electron chi connectivity index (χ1n) is 18.5. The molecule has 0 saturated heterocycles. The number of pyridine rings is 3. The largest absolute Gasteiger partial charge is 0.308 e. The summed E-state index contributed by atoms with van der Waals surface area (Å²) in [5.41, 5.74) is 14.8. The zero-order valence-electron chi connectivity index (χ0n) is 31.5. The van der Waals surface area contributed by atoms with Crippen LogP contribution in [0, 0.1) is 32.6 Å². The van der Waals surface area contributed by atoms with Gasteiger partial charge in [-0.3, -0.25) is 15.0 Å². The van der Waals surface area contributed by atoms with Crippen LogP contribution in [0.4, 0.5) is 34.1 Å². The molecule has 0 aliphatic rings. The van der Waals surface area contributed by atoms with Gasteiger partial charge in [-0.25, -0.2) is 0 Å². The summed E-state index contributed by atoms with van der Waals surface area (Å²) in [6.45, 7) is 13.1. The van der Waals surface area contributed by atoms with Crippen molar-refractivity contribution in [2.45, 2.75) is 48.0 Å². The summed E-state index contributed by atoms with van der Waals surface area (Å²) in [6, 6.07) is 47.6. The number of para-hydroxylation sites is 1. The third-order valence-corrected chi connectivity index (χ3v) is 10.1. The predicted octanol–water partition coefficient (Wildman–Crippen LogP) is 12.9. The molecule has 7 rings (SSSR count). The fourth-order valence-corrected chi connectivity index (χ4v) is 6.68. The van der Waals surface area contributed by atoms with Gasteiger partial charge < -0.3 is 9.80 Å². The number of hydrogen-bond donors (Lipinski definition) is 0. The Kier molecular flexibility index (Phi) is 10.4.